The van der Waals surface area contributed by atoms with Crippen molar-refractivity contribution >= 4 is 17.5 Å². The van der Waals surface area contributed by atoms with E-state index in [0.717, 1.165) is 12.8 Å². The van der Waals surface area contributed by atoms with Gasteiger partial charge in [0.15, 0.2) is 11.5 Å². The first kappa shape index (κ1) is 14.0. The topological polar surface area (TPSA) is 38.8 Å². The van der Waals surface area contributed by atoms with Gasteiger partial charge in [0.2, 0.25) is 0 Å². The number of alkyl halides is 1. The SMILES string of the molecule is COc1cccc(C(=O)N2CCC(Cl)CC2)c1OC. The second kappa shape index (κ2) is 6.15. The van der Waals surface area contributed by atoms with E-state index in [2.05, 4.69) is 0 Å². The van der Waals surface area contributed by atoms with E-state index in [4.69, 9.17) is 21.1 Å². The standard InChI is InChI=1S/C14H18ClNO3/c1-18-12-5-3-4-11(13(12)19-2)14(17)16-8-6-10(15)7-9-16/h3-5,10H,6-9H2,1-2H3. The van der Waals surface area contributed by atoms with E-state index >= 15 is 0 Å². The van der Waals surface area contributed by atoms with Crippen molar-refractivity contribution in [2.24, 2.45) is 0 Å². The fraction of sp³-hybridized carbons (Fsp3) is 0.500. The minimum Gasteiger partial charge on any atom is -0.493 e. The van der Waals surface area contributed by atoms with Gasteiger partial charge in [-0.2, -0.15) is 0 Å². The smallest absolute Gasteiger partial charge is 0.257 e. The molecule has 1 heterocycles. The molecule has 0 aromatic heterocycles. The summed E-state index contributed by atoms with van der Waals surface area (Å²) in [5.74, 6) is 1.03. The van der Waals surface area contributed by atoms with Gasteiger partial charge in [-0.25, -0.2) is 0 Å². The predicted octanol–water partition coefficient (Wildman–Crippen LogP) is 2.55. The van der Waals surface area contributed by atoms with Crippen molar-refractivity contribution in [1.29, 1.82) is 0 Å². The highest BCUT2D eigenvalue weighted by Gasteiger charge is 2.25. The Balaban J connectivity index is 2.23. The van der Waals surface area contributed by atoms with Crippen LogP contribution in [0.3, 0.4) is 0 Å². The Morgan fingerprint density at radius 2 is 1.95 bits per heavy atom. The molecule has 4 nitrogen and oxygen atoms in total. The van der Waals surface area contributed by atoms with Crippen molar-refractivity contribution < 1.29 is 14.3 Å². The van der Waals surface area contributed by atoms with Gasteiger partial charge in [-0.05, 0) is 25.0 Å². The highest BCUT2D eigenvalue weighted by molar-refractivity contribution is 6.20. The predicted molar refractivity (Wildman–Crippen MR) is 74.3 cm³/mol. The zero-order valence-corrected chi connectivity index (χ0v) is 11.9. The van der Waals surface area contributed by atoms with Crippen LogP contribution in [-0.4, -0.2) is 43.5 Å². The number of hydrogen-bond acceptors (Lipinski definition) is 3. The van der Waals surface area contributed by atoms with Gasteiger partial charge in [0.25, 0.3) is 5.91 Å². The van der Waals surface area contributed by atoms with Crippen LogP contribution in [0.4, 0.5) is 0 Å². The van der Waals surface area contributed by atoms with E-state index in [9.17, 15) is 4.79 Å². The number of rotatable bonds is 3. The van der Waals surface area contributed by atoms with Gasteiger partial charge in [0.05, 0.1) is 19.8 Å². The van der Waals surface area contributed by atoms with Gasteiger partial charge in [0, 0.05) is 18.5 Å². The van der Waals surface area contributed by atoms with Crippen LogP contribution in [0.2, 0.25) is 0 Å². The first-order valence-corrected chi connectivity index (χ1v) is 6.75. The van der Waals surface area contributed by atoms with Crippen molar-refractivity contribution in [3.63, 3.8) is 0 Å². The average Bonchev–Trinajstić information content (AvgIpc) is 2.46. The quantitative estimate of drug-likeness (QED) is 0.800. The lowest BCUT2D eigenvalue weighted by Gasteiger charge is -2.29. The number of carbonyl (C=O) groups excluding carboxylic acids is 1. The van der Waals surface area contributed by atoms with Gasteiger partial charge >= 0.3 is 0 Å². The van der Waals surface area contributed by atoms with Crippen molar-refractivity contribution in [1.82, 2.24) is 4.90 Å². The Labute approximate surface area is 118 Å². The fourth-order valence-corrected chi connectivity index (χ4v) is 2.47. The number of methoxy groups -OCH3 is 2. The molecule has 1 saturated heterocycles. The maximum absolute atomic E-state index is 12.5. The third-order valence-corrected chi connectivity index (χ3v) is 3.78. The fourth-order valence-electron chi connectivity index (χ4n) is 2.28. The Morgan fingerprint density at radius 1 is 1.26 bits per heavy atom. The van der Waals surface area contributed by atoms with E-state index in [1.54, 1.807) is 32.4 Å². The number of para-hydroxylation sites is 1. The van der Waals surface area contributed by atoms with E-state index in [1.807, 2.05) is 4.90 Å². The lowest BCUT2D eigenvalue weighted by Crippen LogP contribution is -2.38. The number of benzene rings is 1. The van der Waals surface area contributed by atoms with Crippen LogP contribution in [0.5, 0.6) is 11.5 Å². The summed E-state index contributed by atoms with van der Waals surface area (Å²) in [5, 5.41) is 0.177. The molecule has 1 fully saturated rings. The minimum atomic E-state index is -0.0284. The highest BCUT2D eigenvalue weighted by Crippen LogP contribution is 2.32. The molecule has 0 saturated carbocycles. The molecule has 0 unspecified atom stereocenters. The minimum absolute atomic E-state index is 0.0284. The molecular formula is C14H18ClNO3. The molecule has 0 N–H and O–H groups in total. The monoisotopic (exact) mass is 283 g/mol. The molecule has 104 valence electrons. The zero-order chi connectivity index (χ0) is 13.8. The zero-order valence-electron chi connectivity index (χ0n) is 11.2. The average molecular weight is 284 g/mol. The van der Waals surface area contributed by atoms with Crippen LogP contribution < -0.4 is 9.47 Å². The molecule has 0 bridgehead atoms. The van der Waals surface area contributed by atoms with Gasteiger partial charge in [-0.1, -0.05) is 6.07 Å². The summed E-state index contributed by atoms with van der Waals surface area (Å²) in [4.78, 5) is 14.3. The highest BCUT2D eigenvalue weighted by atomic mass is 35.5. The van der Waals surface area contributed by atoms with Crippen LogP contribution in [0.25, 0.3) is 0 Å². The van der Waals surface area contributed by atoms with Gasteiger partial charge in [0.1, 0.15) is 0 Å². The van der Waals surface area contributed by atoms with E-state index in [-0.39, 0.29) is 11.3 Å². The summed E-state index contributed by atoms with van der Waals surface area (Å²) in [6, 6.07) is 5.33. The molecule has 1 aromatic rings. The molecule has 0 atom stereocenters. The van der Waals surface area contributed by atoms with Crippen LogP contribution in [0, 0.1) is 0 Å². The first-order chi connectivity index (χ1) is 9.17. The Kier molecular flexibility index (Phi) is 4.53. The number of amides is 1. The second-order valence-electron chi connectivity index (χ2n) is 4.51. The number of nitrogens with zero attached hydrogens (tertiary/aromatic N) is 1. The maximum Gasteiger partial charge on any atom is 0.257 e. The molecule has 1 aromatic carbocycles. The lowest BCUT2D eigenvalue weighted by atomic mass is 10.1. The number of likely N-dealkylation sites (tertiary alicyclic amines) is 1. The molecule has 5 heteroatoms. The summed E-state index contributed by atoms with van der Waals surface area (Å²) in [6.07, 6.45) is 1.67. The van der Waals surface area contributed by atoms with Crippen LogP contribution >= 0.6 is 11.6 Å². The number of piperidine rings is 1. The maximum atomic E-state index is 12.5. The van der Waals surface area contributed by atoms with Crippen molar-refractivity contribution in [3.05, 3.63) is 23.8 Å². The Morgan fingerprint density at radius 3 is 2.53 bits per heavy atom. The molecule has 19 heavy (non-hydrogen) atoms. The molecule has 1 aliphatic heterocycles. The summed E-state index contributed by atoms with van der Waals surface area (Å²) in [7, 11) is 3.10. The first-order valence-electron chi connectivity index (χ1n) is 6.31. The Hall–Kier alpha value is -1.42. The number of halogens is 1. The van der Waals surface area contributed by atoms with E-state index in [0.29, 0.717) is 30.2 Å². The van der Waals surface area contributed by atoms with Crippen molar-refractivity contribution in [3.8, 4) is 11.5 Å². The number of ether oxygens (including phenoxy) is 2. The van der Waals surface area contributed by atoms with Crippen molar-refractivity contribution in [2.45, 2.75) is 18.2 Å². The largest absolute Gasteiger partial charge is 0.493 e. The lowest BCUT2D eigenvalue weighted by molar-refractivity contribution is 0.0722. The second-order valence-corrected chi connectivity index (χ2v) is 5.13. The molecule has 0 aliphatic carbocycles. The molecule has 0 spiro atoms. The summed E-state index contributed by atoms with van der Waals surface area (Å²) in [5.41, 5.74) is 0.537. The van der Waals surface area contributed by atoms with Crippen LogP contribution in [0.15, 0.2) is 18.2 Å². The third kappa shape index (κ3) is 2.95. The number of hydrogen-bond donors (Lipinski definition) is 0. The van der Waals surface area contributed by atoms with E-state index < -0.39 is 0 Å². The summed E-state index contributed by atoms with van der Waals surface area (Å²) in [6.45, 7) is 1.38. The normalized spacial score (nSPS) is 16.3. The van der Waals surface area contributed by atoms with Gasteiger partial charge in [-0.3, -0.25) is 4.79 Å². The number of carbonyl (C=O) groups is 1. The molecule has 1 aliphatic rings. The van der Waals surface area contributed by atoms with Crippen molar-refractivity contribution in [2.75, 3.05) is 27.3 Å². The summed E-state index contributed by atoms with van der Waals surface area (Å²) < 4.78 is 10.5. The van der Waals surface area contributed by atoms with Gasteiger partial charge < -0.3 is 14.4 Å². The summed E-state index contributed by atoms with van der Waals surface area (Å²) >= 11 is 6.06. The van der Waals surface area contributed by atoms with Crippen LogP contribution in [-0.2, 0) is 0 Å². The van der Waals surface area contributed by atoms with E-state index in [1.165, 1.54) is 0 Å². The molecule has 1 amide bonds. The molecule has 2 rings (SSSR count). The van der Waals surface area contributed by atoms with Crippen LogP contribution in [0.1, 0.15) is 23.2 Å². The molecular weight excluding hydrogens is 266 g/mol. The third-order valence-electron chi connectivity index (χ3n) is 3.35. The molecule has 0 radical (unpaired) electrons. The van der Waals surface area contributed by atoms with Gasteiger partial charge in [-0.15, -0.1) is 11.6 Å². The Bertz CT molecular complexity index is 456.